The first-order valence-corrected chi connectivity index (χ1v) is 9.81. The van der Waals surface area contributed by atoms with Crippen LogP contribution in [0.2, 0.25) is 0 Å². The molecule has 2 aromatic rings. The lowest BCUT2D eigenvalue weighted by atomic mass is 9.96. The molecular formula is C21H25BrN2O2. The summed E-state index contributed by atoms with van der Waals surface area (Å²) < 4.78 is 6.45. The SMILES string of the molecule is COc1ccccc1CNC(=O)C1CCCN(Cc2cccc(Br)c2)C1. The number of benzene rings is 2. The highest BCUT2D eigenvalue weighted by Crippen LogP contribution is 2.21. The number of amides is 1. The van der Waals surface area contributed by atoms with Crippen LogP contribution >= 0.6 is 15.9 Å². The molecule has 0 bridgehead atoms. The molecule has 1 N–H and O–H groups in total. The normalized spacial score (nSPS) is 17.7. The van der Waals surface area contributed by atoms with Gasteiger partial charge in [0.15, 0.2) is 0 Å². The molecule has 0 saturated carbocycles. The lowest BCUT2D eigenvalue weighted by Gasteiger charge is -2.32. The second kappa shape index (κ2) is 9.19. The molecule has 5 heteroatoms. The largest absolute Gasteiger partial charge is 0.496 e. The Morgan fingerprint density at radius 2 is 2.12 bits per heavy atom. The van der Waals surface area contributed by atoms with Crippen molar-refractivity contribution in [1.29, 1.82) is 0 Å². The highest BCUT2D eigenvalue weighted by atomic mass is 79.9. The Morgan fingerprint density at radius 1 is 1.27 bits per heavy atom. The van der Waals surface area contributed by atoms with E-state index in [4.69, 9.17) is 4.74 Å². The van der Waals surface area contributed by atoms with E-state index in [0.717, 1.165) is 48.3 Å². The van der Waals surface area contributed by atoms with E-state index in [1.165, 1.54) is 5.56 Å². The highest BCUT2D eigenvalue weighted by Gasteiger charge is 2.25. The minimum absolute atomic E-state index is 0.0469. The van der Waals surface area contributed by atoms with Crippen LogP contribution in [0.1, 0.15) is 24.0 Å². The summed E-state index contributed by atoms with van der Waals surface area (Å²) in [5.74, 6) is 0.994. The van der Waals surface area contributed by atoms with Crippen molar-refractivity contribution in [3.8, 4) is 5.75 Å². The van der Waals surface area contributed by atoms with Crippen molar-refractivity contribution < 1.29 is 9.53 Å². The smallest absolute Gasteiger partial charge is 0.224 e. The molecule has 1 unspecified atom stereocenters. The van der Waals surface area contributed by atoms with Crippen LogP contribution in [0.25, 0.3) is 0 Å². The molecule has 26 heavy (non-hydrogen) atoms. The van der Waals surface area contributed by atoms with Crippen molar-refractivity contribution in [3.05, 3.63) is 64.1 Å². The van der Waals surface area contributed by atoms with E-state index >= 15 is 0 Å². The van der Waals surface area contributed by atoms with Gasteiger partial charge in [-0.15, -0.1) is 0 Å². The lowest BCUT2D eigenvalue weighted by molar-refractivity contribution is -0.126. The summed E-state index contributed by atoms with van der Waals surface area (Å²) in [5.41, 5.74) is 2.28. The molecule has 1 fully saturated rings. The molecular weight excluding hydrogens is 392 g/mol. The number of methoxy groups -OCH3 is 1. The van der Waals surface area contributed by atoms with Crippen molar-refractivity contribution in [2.24, 2.45) is 5.92 Å². The van der Waals surface area contributed by atoms with Gasteiger partial charge in [-0.2, -0.15) is 0 Å². The van der Waals surface area contributed by atoms with E-state index in [0.29, 0.717) is 6.54 Å². The van der Waals surface area contributed by atoms with Gasteiger partial charge in [-0.1, -0.05) is 46.3 Å². The van der Waals surface area contributed by atoms with Crippen LogP contribution in [0.15, 0.2) is 53.0 Å². The zero-order valence-electron chi connectivity index (χ0n) is 15.1. The summed E-state index contributed by atoms with van der Waals surface area (Å²) in [6.07, 6.45) is 2.01. The fraction of sp³-hybridized carbons (Fsp3) is 0.381. The molecule has 1 aliphatic heterocycles. The van der Waals surface area contributed by atoms with Gasteiger partial charge in [0.1, 0.15) is 5.75 Å². The molecule has 1 atom stereocenters. The van der Waals surface area contributed by atoms with E-state index in [9.17, 15) is 4.79 Å². The summed E-state index contributed by atoms with van der Waals surface area (Å²) in [6.45, 7) is 3.24. The fourth-order valence-electron chi connectivity index (χ4n) is 3.48. The summed E-state index contributed by atoms with van der Waals surface area (Å²) in [5, 5.41) is 3.08. The monoisotopic (exact) mass is 416 g/mol. The van der Waals surface area contributed by atoms with Gasteiger partial charge in [0.05, 0.1) is 13.0 Å². The first-order chi connectivity index (χ1) is 12.7. The fourth-order valence-corrected chi connectivity index (χ4v) is 3.93. The molecule has 4 nitrogen and oxygen atoms in total. The molecule has 1 heterocycles. The molecule has 2 aromatic carbocycles. The second-order valence-electron chi connectivity index (χ2n) is 6.73. The van der Waals surface area contributed by atoms with Gasteiger partial charge < -0.3 is 10.1 Å². The first-order valence-electron chi connectivity index (χ1n) is 9.02. The Labute approximate surface area is 163 Å². The van der Waals surface area contributed by atoms with Crippen LogP contribution < -0.4 is 10.1 Å². The van der Waals surface area contributed by atoms with Crippen LogP contribution in [0, 0.1) is 5.92 Å². The molecule has 0 aliphatic carbocycles. The highest BCUT2D eigenvalue weighted by molar-refractivity contribution is 9.10. The molecule has 1 aliphatic rings. The third kappa shape index (κ3) is 5.08. The molecule has 0 aromatic heterocycles. The molecule has 1 saturated heterocycles. The van der Waals surface area contributed by atoms with Crippen molar-refractivity contribution in [1.82, 2.24) is 10.2 Å². The van der Waals surface area contributed by atoms with Crippen LogP contribution in [0.3, 0.4) is 0 Å². The number of nitrogens with one attached hydrogen (secondary N) is 1. The van der Waals surface area contributed by atoms with Gasteiger partial charge in [0.2, 0.25) is 5.91 Å². The van der Waals surface area contributed by atoms with Gasteiger partial charge in [0.25, 0.3) is 0 Å². The Hall–Kier alpha value is -1.85. The number of rotatable bonds is 6. The second-order valence-corrected chi connectivity index (χ2v) is 7.65. The number of likely N-dealkylation sites (tertiary alicyclic amines) is 1. The lowest BCUT2D eigenvalue weighted by Crippen LogP contribution is -2.42. The Balaban J connectivity index is 1.54. The number of para-hydroxylation sites is 1. The van der Waals surface area contributed by atoms with Crippen LogP contribution in [-0.2, 0) is 17.9 Å². The number of carbonyl (C=O) groups excluding carboxylic acids is 1. The molecule has 138 valence electrons. The maximum Gasteiger partial charge on any atom is 0.224 e. The average molecular weight is 417 g/mol. The number of hydrogen-bond donors (Lipinski definition) is 1. The number of halogens is 1. The predicted molar refractivity (Wildman–Crippen MR) is 107 cm³/mol. The number of nitrogens with zero attached hydrogens (tertiary/aromatic N) is 1. The van der Waals surface area contributed by atoms with Crippen molar-refractivity contribution in [3.63, 3.8) is 0 Å². The maximum absolute atomic E-state index is 12.6. The van der Waals surface area contributed by atoms with E-state index in [1.54, 1.807) is 7.11 Å². The molecule has 0 radical (unpaired) electrons. The number of carbonyl (C=O) groups is 1. The minimum Gasteiger partial charge on any atom is -0.496 e. The van der Waals surface area contributed by atoms with Gasteiger partial charge in [-0.3, -0.25) is 9.69 Å². The van der Waals surface area contributed by atoms with Gasteiger partial charge in [-0.05, 0) is 43.1 Å². The molecule has 1 amide bonds. The van der Waals surface area contributed by atoms with Gasteiger partial charge in [-0.25, -0.2) is 0 Å². The van der Waals surface area contributed by atoms with E-state index in [-0.39, 0.29) is 11.8 Å². The Bertz CT molecular complexity index is 750. The Morgan fingerprint density at radius 3 is 2.92 bits per heavy atom. The summed E-state index contributed by atoms with van der Waals surface area (Å²) in [6, 6.07) is 16.2. The van der Waals surface area contributed by atoms with E-state index in [2.05, 4.69) is 44.3 Å². The zero-order chi connectivity index (χ0) is 18.4. The number of hydrogen-bond acceptors (Lipinski definition) is 3. The minimum atomic E-state index is 0.0469. The third-order valence-corrected chi connectivity index (χ3v) is 5.31. The number of piperidine rings is 1. The predicted octanol–water partition coefficient (Wildman–Crippen LogP) is 3.99. The summed E-state index contributed by atoms with van der Waals surface area (Å²) in [4.78, 5) is 15.0. The van der Waals surface area contributed by atoms with Crippen LogP contribution in [0.5, 0.6) is 5.75 Å². The quantitative estimate of drug-likeness (QED) is 0.773. The van der Waals surface area contributed by atoms with Crippen LogP contribution in [-0.4, -0.2) is 31.0 Å². The molecule has 0 spiro atoms. The summed E-state index contributed by atoms with van der Waals surface area (Å²) >= 11 is 3.52. The van der Waals surface area contributed by atoms with Crippen molar-refractivity contribution >= 4 is 21.8 Å². The molecule has 3 rings (SSSR count). The zero-order valence-corrected chi connectivity index (χ0v) is 16.7. The van der Waals surface area contributed by atoms with E-state index < -0.39 is 0 Å². The summed E-state index contributed by atoms with van der Waals surface area (Å²) in [7, 11) is 1.65. The van der Waals surface area contributed by atoms with Crippen molar-refractivity contribution in [2.75, 3.05) is 20.2 Å². The topological polar surface area (TPSA) is 41.6 Å². The Kier molecular flexibility index (Phi) is 6.69. The van der Waals surface area contributed by atoms with Crippen LogP contribution in [0.4, 0.5) is 0 Å². The standard InChI is InChI=1S/C21H25BrN2O2/c1-26-20-10-3-2-7-17(20)13-23-21(25)18-8-5-11-24(15-18)14-16-6-4-9-19(22)12-16/h2-4,6-7,9-10,12,18H,5,8,11,13-15H2,1H3,(H,23,25). The third-order valence-electron chi connectivity index (χ3n) is 4.82. The van der Waals surface area contributed by atoms with Crippen molar-refractivity contribution in [2.45, 2.75) is 25.9 Å². The van der Waals surface area contributed by atoms with E-state index in [1.807, 2.05) is 30.3 Å². The first kappa shape index (κ1) is 18.9. The average Bonchev–Trinajstić information content (AvgIpc) is 2.66. The maximum atomic E-state index is 12.6. The number of ether oxygens (including phenoxy) is 1. The van der Waals surface area contributed by atoms with Gasteiger partial charge >= 0.3 is 0 Å². The van der Waals surface area contributed by atoms with Gasteiger partial charge in [0, 0.05) is 29.7 Å².